The van der Waals surface area contributed by atoms with Crippen molar-refractivity contribution < 1.29 is 5.11 Å². The second-order valence-corrected chi connectivity index (χ2v) is 6.76. The number of aliphatic hydroxyl groups is 1. The van der Waals surface area contributed by atoms with Gasteiger partial charge in [0.2, 0.25) is 0 Å². The van der Waals surface area contributed by atoms with Gasteiger partial charge >= 0.3 is 0 Å². The average Bonchev–Trinajstić information content (AvgIpc) is 2.97. The van der Waals surface area contributed by atoms with E-state index in [-0.39, 0.29) is 5.25 Å². The van der Waals surface area contributed by atoms with Gasteiger partial charge in [-0.1, -0.05) is 60.7 Å². The Bertz CT molecular complexity index is 766. The monoisotopic (exact) mass is 292 g/mol. The summed E-state index contributed by atoms with van der Waals surface area (Å²) in [4.78, 5) is 1.31. The van der Waals surface area contributed by atoms with Crippen LogP contribution in [0.25, 0.3) is 10.8 Å². The molecule has 0 radical (unpaired) electrons. The van der Waals surface area contributed by atoms with Crippen molar-refractivity contribution in [3.63, 3.8) is 0 Å². The first kappa shape index (κ1) is 12.9. The summed E-state index contributed by atoms with van der Waals surface area (Å²) < 4.78 is 0. The normalized spacial score (nSPS) is 18.6. The molecular formula is C19H16OS. The molecular weight excluding hydrogens is 276 g/mol. The van der Waals surface area contributed by atoms with Crippen LogP contribution >= 0.6 is 11.8 Å². The lowest BCUT2D eigenvalue weighted by Gasteiger charge is -2.19. The van der Waals surface area contributed by atoms with E-state index in [9.17, 15) is 5.11 Å². The van der Waals surface area contributed by atoms with Crippen LogP contribution in [0.3, 0.4) is 0 Å². The Balaban J connectivity index is 1.71. The Hall–Kier alpha value is -1.77. The summed E-state index contributed by atoms with van der Waals surface area (Å²) in [5.41, 5.74) is 2.39. The summed E-state index contributed by atoms with van der Waals surface area (Å²) in [5.74, 6) is 0. The van der Waals surface area contributed by atoms with E-state index >= 15 is 0 Å². The van der Waals surface area contributed by atoms with E-state index in [4.69, 9.17) is 0 Å². The number of hydrogen-bond donors (Lipinski definition) is 1. The van der Waals surface area contributed by atoms with Gasteiger partial charge in [-0.3, -0.25) is 0 Å². The Morgan fingerprint density at radius 3 is 2.57 bits per heavy atom. The van der Waals surface area contributed by atoms with Crippen LogP contribution in [-0.2, 0) is 6.42 Å². The molecule has 1 heterocycles. The molecule has 0 saturated carbocycles. The maximum absolute atomic E-state index is 10.9. The molecule has 21 heavy (non-hydrogen) atoms. The van der Waals surface area contributed by atoms with Gasteiger partial charge in [-0.25, -0.2) is 0 Å². The second-order valence-electron chi connectivity index (χ2n) is 5.48. The fourth-order valence-corrected chi connectivity index (χ4v) is 4.42. The summed E-state index contributed by atoms with van der Waals surface area (Å²) in [7, 11) is 0. The van der Waals surface area contributed by atoms with Gasteiger partial charge in [0.1, 0.15) is 0 Å². The number of hydrogen-bond acceptors (Lipinski definition) is 2. The Labute approximate surface area is 128 Å². The minimum absolute atomic E-state index is 0.202. The smallest absolute Gasteiger partial charge is 0.0921 e. The Morgan fingerprint density at radius 2 is 1.67 bits per heavy atom. The topological polar surface area (TPSA) is 20.2 Å². The van der Waals surface area contributed by atoms with Crippen LogP contribution in [0.15, 0.2) is 71.6 Å². The van der Waals surface area contributed by atoms with E-state index in [1.807, 2.05) is 18.2 Å². The molecule has 1 nitrogen and oxygen atoms in total. The number of aliphatic hydroxyl groups excluding tert-OH is 1. The molecule has 0 bridgehead atoms. The average molecular weight is 292 g/mol. The molecule has 2 heteroatoms. The molecule has 0 fully saturated rings. The van der Waals surface area contributed by atoms with E-state index in [2.05, 4.69) is 48.5 Å². The third-order valence-corrected chi connectivity index (χ3v) is 5.55. The van der Waals surface area contributed by atoms with Crippen molar-refractivity contribution in [2.45, 2.75) is 22.7 Å². The molecule has 1 aliphatic rings. The molecule has 2 atom stereocenters. The van der Waals surface area contributed by atoms with E-state index in [1.165, 1.54) is 15.8 Å². The SMILES string of the molecule is OC(c1cccc2ccccc12)C1Cc2ccccc2S1. The molecule has 0 aromatic heterocycles. The zero-order chi connectivity index (χ0) is 14.2. The third-order valence-electron chi connectivity index (χ3n) is 4.17. The highest BCUT2D eigenvalue weighted by Gasteiger charge is 2.29. The largest absolute Gasteiger partial charge is 0.387 e. The van der Waals surface area contributed by atoms with Crippen molar-refractivity contribution in [1.82, 2.24) is 0 Å². The van der Waals surface area contributed by atoms with Gasteiger partial charge in [0.15, 0.2) is 0 Å². The van der Waals surface area contributed by atoms with Crippen LogP contribution in [0.2, 0.25) is 0 Å². The van der Waals surface area contributed by atoms with E-state index in [1.54, 1.807) is 11.8 Å². The lowest BCUT2D eigenvalue weighted by Crippen LogP contribution is -2.14. The lowest BCUT2D eigenvalue weighted by atomic mass is 9.96. The van der Waals surface area contributed by atoms with Gasteiger partial charge in [-0.05, 0) is 34.4 Å². The first-order valence-electron chi connectivity index (χ1n) is 7.23. The summed E-state index contributed by atoms with van der Waals surface area (Å²) >= 11 is 1.80. The first-order valence-corrected chi connectivity index (χ1v) is 8.11. The Kier molecular flexibility index (Phi) is 3.21. The predicted octanol–water partition coefficient (Wildman–Crippen LogP) is 4.59. The minimum Gasteiger partial charge on any atom is -0.387 e. The highest BCUT2D eigenvalue weighted by atomic mass is 32.2. The first-order chi connectivity index (χ1) is 10.3. The predicted molar refractivity (Wildman–Crippen MR) is 88.7 cm³/mol. The van der Waals surface area contributed by atoms with Crippen molar-refractivity contribution in [3.8, 4) is 0 Å². The maximum Gasteiger partial charge on any atom is 0.0921 e. The van der Waals surface area contributed by atoms with Gasteiger partial charge in [0.05, 0.1) is 6.10 Å². The van der Waals surface area contributed by atoms with Crippen molar-refractivity contribution >= 4 is 22.5 Å². The number of fused-ring (bicyclic) bond motifs is 2. The van der Waals surface area contributed by atoms with E-state index < -0.39 is 6.10 Å². The van der Waals surface area contributed by atoms with Gasteiger partial charge in [0.25, 0.3) is 0 Å². The summed E-state index contributed by atoms with van der Waals surface area (Å²) in [6.07, 6.45) is 0.499. The lowest BCUT2D eigenvalue weighted by molar-refractivity contribution is 0.176. The molecule has 1 aliphatic heterocycles. The molecule has 4 rings (SSSR count). The van der Waals surface area contributed by atoms with Crippen LogP contribution in [0.1, 0.15) is 17.2 Å². The molecule has 0 saturated heterocycles. The molecule has 3 aromatic carbocycles. The fourth-order valence-electron chi connectivity index (χ4n) is 3.09. The van der Waals surface area contributed by atoms with Gasteiger partial charge in [-0.2, -0.15) is 0 Å². The number of rotatable bonds is 2. The van der Waals surface area contributed by atoms with Crippen LogP contribution in [0.4, 0.5) is 0 Å². The summed E-state index contributed by atoms with van der Waals surface area (Å²) in [6.45, 7) is 0. The zero-order valence-corrected chi connectivity index (χ0v) is 12.4. The van der Waals surface area contributed by atoms with Crippen LogP contribution < -0.4 is 0 Å². The molecule has 104 valence electrons. The maximum atomic E-state index is 10.9. The number of thioether (sulfide) groups is 1. The standard InChI is InChI=1S/C19H16OS/c20-19(18-12-14-7-2-4-11-17(14)21-18)16-10-5-8-13-6-1-3-9-15(13)16/h1-11,18-20H,12H2. The Morgan fingerprint density at radius 1 is 0.905 bits per heavy atom. The van der Waals surface area contributed by atoms with Crippen molar-refractivity contribution in [2.75, 3.05) is 0 Å². The van der Waals surface area contributed by atoms with Gasteiger partial charge in [-0.15, -0.1) is 11.8 Å². The van der Waals surface area contributed by atoms with Crippen molar-refractivity contribution in [2.24, 2.45) is 0 Å². The van der Waals surface area contributed by atoms with E-state index in [0.717, 1.165) is 17.4 Å². The molecule has 0 amide bonds. The molecule has 0 spiro atoms. The van der Waals surface area contributed by atoms with Crippen molar-refractivity contribution in [3.05, 3.63) is 77.9 Å². The highest BCUT2D eigenvalue weighted by molar-refractivity contribution is 8.00. The van der Waals surface area contributed by atoms with E-state index in [0.29, 0.717) is 0 Å². The van der Waals surface area contributed by atoms with Crippen LogP contribution in [0.5, 0.6) is 0 Å². The van der Waals surface area contributed by atoms with Gasteiger partial charge < -0.3 is 5.11 Å². The number of benzene rings is 3. The molecule has 2 unspecified atom stereocenters. The molecule has 1 N–H and O–H groups in total. The highest BCUT2D eigenvalue weighted by Crippen LogP contribution is 2.43. The van der Waals surface area contributed by atoms with Crippen molar-refractivity contribution in [1.29, 1.82) is 0 Å². The summed E-state index contributed by atoms with van der Waals surface area (Å²) in [5, 5.41) is 13.4. The van der Waals surface area contributed by atoms with Gasteiger partial charge in [0, 0.05) is 10.1 Å². The quantitative estimate of drug-likeness (QED) is 0.745. The third kappa shape index (κ3) is 2.25. The second kappa shape index (κ2) is 5.21. The minimum atomic E-state index is -0.437. The van der Waals surface area contributed by atoms with Crippen LogP contribution in [-0.4, -0.2) is 10.4 Å². The zero-order valence-electron chi connectivity index (χ0n) is 11.6. The molecule has 3 aromatic rings. The van der Waals surface area contributed by atoms with Crippen LogP contribution in [0, 0.1) is 0 Å². The summed E-state index contributed by atoms with van der Waals surface area (Å²) in [6, 6.07) is 22.9. The molecule has 0 aliphatic carbocycles. The fraction of sp³-hybridized carbons (Fsp3) is 0.158.